The highest BCUT2D eigenvalue weighted by atomic mass is 32.2. The summed E-state index contributed by atoms with van der Waals surface area (Å²) in [4.78, 5) is 12.8. The Morgan fingerprint density at radius 1 is 1.38 bits per heavy atom. The number of esters is 1. The molecule has 0 radical (unpaired) electrons. The second kappa shape index (κ2) is 4.44. The number of thioether (sulfide) groups is 1. The van der Waals surface area contributed by atoms with Gasteiger partial charge in [0.25, 0.3) is 0 Å². The van der Waals surface area contributed by atoms with Crippen molar-refractivity contribution in [2.45, 2.75) is 16.2 Å². The summed E-state index contributed by atoms with van der Waals surface area (Å²) < 4.78 is 16.6. The third kappa shape index (κ3) is 1.67. The molecule has 4 rings (SSSR count). The van der Waals surface area contributed by atoms with Crippen LogP contribution in [-0.2, 0) is 9.53 Å². The summed E-state index contributed by atoms with van der Waals surface area (Å²) in [5, 5.41) is 0. The predicted molar refractivity (Wildman–Crippen MR) is 78.5 cm³/mol. The highest BCUT2D eigenvalue weighted by Crippen LogP contribution is 2.64. The molecule has 4 atom stereocenters. The lowest BCUT2D eigenvalue weighted by Gasteiger charge is -2.35. The van der Waals surface area contributed by atoms with Crippen molar-refractivity contribution in [2.75, 3.05) is 14.2 Å². The van der Waals surface area contributed by atoms with Crippen LogP contribution in [0, 0.1) is 17.8 Å². The molecular weight excluding hydrogens is 288 g/mol. The normalized spacial score (nSPS) is 34.9. The molecule has 110 valence electrons. The molecule has 0 unspecified atom stereocenters. The van der Waals surface area contributed by atoms with Gasteiger partial charge in [0, 0.05) is 12.0 Å². The molecule has 1 spiro atoms. The minimum Gasteiger partial charge on any atom is -0.497 e. The quantitative estimate of drug-likeness (QED) is 0.621. The van der Waals surface area contributed by atoms with E-state index >= 15 is 0 Å². The van der Waals surface area contributed by atoms with Crippen LogP contribution in [0.1, 0.15) is 6.42 Å². The van der Waals surface area contributed by atoms with Crippen molar-refractivity contribution in [3.8, 4) is 11.5 Å². The third-order valence-corrected chi connectivity index (χ3v) is 6.16. The van der Waals surface area contributed by atoms with E-state index in [0.717, 1.165) is 22.8 Å². The fourth-order valence-corrected chi connectivity index (χ4v) is 5.23. The number of ether oxygens (including phenoxy) is 3. The van der Waals surface area contributed by atoms with E-state index in [1.807, 2.05) is 18.2 Å². The lowest BCUT2D eigenvalue weighted by atomic mass is 9.90. The number of methoxy groups -OCH3 is 2. The van der Waals surface area contributed by atoms with E-state index in [9.17, 15) is 4.79 Å². The first-order valence-electron chi connectivity index (χ1n) is 7.00. The van der Waals surface area contributed by atoms with E-state index in [0.29, 0.717) is 0 Å². The van der Waals surface area contributed by atoms with Gasteiger partial charge in [-0.1, -0.05) is 23.9 Å². The van der Waals surface area contributed by atoms with Crippen molar-refractivity contribution in [1.29, 1.82) is 0 Å². The first-order valence-corrected chi connectivity index (χ1v) is 7.82. The van der Waals surface area contributed by atoms with Gasteiger partial charge in [-0.15, -0.1) is 0 Å². The van der Waals surface area contributed by atoms with Gasteiger partial charge >= 0.3 is 5.97 Å². The van der Waals surface area contributed by atoms with E-state index in [4.69, 9.17) is 14.2 Å². The van der Waals surface area contributed by atoms with Gasteiger partial charge in [0.2, 0.25) is 0 Å². The Balaban J connectivity index is 1.75. The zero-order valence-corrected chi connectivity index (χ0v) is 12.7. The summed E-state index contributed by atoms with van der Waals surface area (Å²) in [6.07, 6.45) is 5.27. The van der Waals surface area contributed by atoms with Crippen LogP contribution in [0.5, 0.6) is 11.5 Å². The monoisotopic (exact) mass is 304 g/mol. The van der Waals surface area contributed by atoms with Crippen LogP contribution in [0.4, 0.5) is 0 Å². The van der Waals surface area contributed by atoms with E-state index < -0.39 is 4.93 Å². The average Bonchev–Trinajstić information content (AvgIpc) is 3.17. The molecule has 4 nitrogen and oxygen atoms in total. The van der Waals surface area contributed by atoms with Crippen LogP contribution in [0.15, 0.2) is 35.2 Å². The first kappa shape index (κ1) is 13.1. The van der Waals surface area contributed by atoms with Crippen molar-refractivity contribution in [3.05, 3.63) is 30.4 Å². The topological polar surface area (TPSA) is 44.8 Å². The standard InChI is InChI=1S/C16H16O4S/c1-18-11-5-6-13-12(8-11)20-16(21-13)10-4-3-9(7-10)14(16)15(17)19-2/h3-6,8-10,14H,7H2,1-2H3/t9-,10+,14+,16+/m1/s1. The lowest BCUT2D eigenvalue weighted by Crippen LogP contribution is -2.46. The van der Waals surface area contributed by atoms with Gasteiger partial charge in [0.05, 0.1) is 19.1 Å². The van der Waals surface area contributed by atoms with E-state index in [1.54, 1.807) is 18.9 Å². The fourth-order valence-electron chi connectivity index (χ4n) is 3.69. The number of carbonyl (C=O) groups excluding carboxylic acids is 1. The minimum absolute atomic E-state index is 0.181. The number of allylic oxidation sites excluding steroid dienone is 1. The third-order valence-electron chi connectivity index (χ3n) is 4.64. The molecule has 0 aromatic heterocycles. The molecule has 1 aromatic carbocycles. The molecule has 1 saturated carbocycles. The molecule has 21 heavy (non-hydrogen) atoms. The zero-order valence-electron chi connectivity index (χ0n) is 11.9. The smallest absolute Gasteiger partial charge is 0.314 e. The number of rotatable bonds is 2. The Morgan fingerprint density at radius 3 is 3.00 bits per heavy atom. The fraction of sp³-hybridized carbons (Fsp3) is 0.438. The molecule has 1 heterocycles. The van der Waals surface area contributed by atoms with Crippen molar-refractivity contribution in [2.24, 2.45) is 17.8 Å². The molecular formula is C16H16O4S. The largest absolute Gasteiger partial charge is 0.497 e. The number of benzene rings is 1. The van der Waals surface area contributed by atoms with Crippen molar-refractivity contribution < 1.29 is 19.0 Å². The molecule has 0 saturated heterocycles. The summed E-state index contributed by atoms with van der Waals surface area (Å²) in [5.74, 6) is 1.59. The SMILES string of the molecule is COC(=O)[C@@H]1[C@@H]2C=C[C@@H](C2)[C@@]12Oc1cc(OC)ccc1S2. The van der Waals surface area contributed by atoms with Crippen LogP contribution >= 0.6 is 11.8 Å². The van der Waals surface area contributed by atoms with Crippen LogP contribution in [0.3, 0.4) is 0 Å². The molecule has 2 aliphatic carbocycles. The van der Waals surface area contributed by atoms with Gasteiger partial charge in [0.1, 0.15) is 17.4 Å². The van der Waals surface area contributed by atoms with Crippen LogP contribution in [0.25, 0.3) is 0 Å². The number of carbonyl (C=O) groups is 1. The van der Waals surface area contributed by atoms with Crippen LogP contribution in [-0.4, -0.2) is 25.1 Å². The molecule has 3 aliphatic rings. The Hall–Kier alpha value is -1.62. The maximum atomic E-state index is 12.3. The molecule has 0 N–H and O–H groups in total. The minimum atomic E-state index is -0.554. The Labute approximate surface area is 127 Å². The summed E-state index contributed by atoms with van der Waals surface area (Å²) in [6.45, 7) is 0. The first-order chi connectivity index (χ1) is 10.2. The zero-order chi connectivity index (χ0) is 14.6. The van der Waals surface area contributed by atoms with Crippen LogP contribution < -0.4 is 9.47 Å². The Kier molecular flexibility index (Phi) is 2.76. The Morgan fingerprint density at radius 2 is 2.24 bits per heavy atom. The second-order valence-electron chi connectivity index (χ2n) is 5.63. The summed E-state index contributed by atoms with van der Waals surface area (Å²) in [6, 6.07) is 5.81. The average molecular weight is 304 g/mol. The summed E-state index contributed by atoms with van der Waals surface area (Å²) in [7, 11) is 3.08. The van der Waals surface area contributed by atoms with E-state index in [-0.39, 0.29) is 23.7 Å². The second-order valence-corrected chi connectivity index (χ2v) is 6.91. The molecule has 1 fully saturated rings. The lowest BCUT2D eigenvalue weighted by molar-refractivity contribution is -0.150. The van der Waals surface area contributed by atoms with Gasteiger partial charge in [-0.05, 0) is 24.5 Å². The summed E-state index contributed by atoms with van der Waals surface area (Å²) in [5.41, 5.74) is 0. The van der Waals surface area contributed by atoms with Gasteiger partial charge in [-0.2, -0.15) is 0 Å². The van der Waals surface area contributed by atoms with Gasteiger partial charge in [-0.25, -0.2) is 0 Å². The van der Waals surface area contributed by atoms with Crippen molar-refractivity contribution in [3.63, 3.8) is 0 Å². The number of fused-ring (bicyclic) bond motifs is 4. The van der Waals surface area contributed by atoms with E-state index in [1.165, 1.54) is 7.11 Å². The van der Waals surface area contributed by atoms with Crippen molar-refractivity contribution in [1.82, 2.24) is 0 Å². The number of hydrogen-bond donors (Lipinski definition) is 0. The van der Waals surface area contributed by atoms with Gasteiger partial charge in [0.15, 0.2) is 4.93 Å². The van der Waals surface area contributed by atoms with Gasteiger partial charge in [-0.3, -0.25) is 4.79 Å². The highest BCUT2D eigenvalue weighted by molar-refractivity contribution is 8.01. The molecule has 0 amide bonds. The maximum Gasteiger partial charge on any atom is 0.314 e. The highest BCUT2D eigenvalue weighted by Gasteiger charge is 2.64. The van der Waals surface area contributed by atoms with Crippen LogP contribution in [0.2, 0.25) is 0 Å². The molecule has 1 aliphatic heterocycles. The molecule has 1 aromatic rings. The van der Waals surface area contributed by atoms with E-state index in [2.05, 4.69) is 12.2 Å². The number of hydrogen-bond acceptors (Lipinski definition) is 5. The molecule has 5 heteroatoms. The van der Waals surface area contributed by atoms with Crippen molar-refractivity contribution >= 4 is 17.7 Å². The molecule has 2 bridgehead atoms. The Bertz CT molecular complexity index is 641. The predicted octanol–water partition coefficient (Wildman–Crippen LogP) is 2.87. The maximum absolute atomic E-state index is 12.3. The van der Waals surface area contributed by atoms with Gasteiger partial charge < -0.3 is 14.2 Å². The summed E-state index contributed by atoms with van der Waals surface area (Å²) >= 11 is 1.65.